The van der Waals surface area contributed by atoms with Gasteiger partial charge in [0.15, 0.2) is 5.96 Å². The summed E-state index contributed by atoms with van der Waals surface area (Å²) in [5, 5.41) is 9.39. The molecule has 0 spiro atoms. The van der Waals surface area contributed by atoms with E-state index in [1.165, 1.54) is 16.3 Å². The minimum absolute atomic E-state index is 0. The van der Waals surface area contributed by atoms with E-state index in [1.54, 1.807) is 7.05 Å². The van der Waals surface area contributed by atoms with E-state index < -0.39 is 0 Å². The maximum atomic E-state index is 4.45. The minimum atomic E-state index is 0. The number of aliphatic imine (C=N–C) groups is 1. The Labute approximate surface area is 184 Å². The first-order valence-electron chi connectivity index (χ1n) is 9.14. The van der Waals surface area contributed by atoms with Crippen molar-refractivity contribution in [2.75, 3.05) is 26.0 Å². The van der Waals surface area contributed by atoms with Gasteiger partial charge in [-0.25, -0.2) is 4.98 Å². The van der Waals surface area contributed by atoms with Crippen molar-refractivity contribution >= 4 is 46.7 Å². The van der Waals surface area contributed by atoms with Crippen molar-refractivity contribution in [1.29, 1.82) is 0 Å². The minimum Gasteiger partial charge on any atom is -0.351 e. The van der Waals surface area contributed by atoms with Crippen LogP contribution in [0.4, 0.5) is 5.95 Å². The van der Waals surface area contributed by atoms with Gasteiger partial charge in [-0.3, -0.25) is 4.99 Å². The molecule has 0 saturated heterocycles. The highest BCUT2D eigenvalue weighted by Crippen LogP contribution is 2.23. The van der Waals surface area contributed by atoms with Crippen LogP contribution in [0.3, 0.4) is 0 Å². The summed E-state index contributed by atoms with van der Waals surface area (Å²) in [5.74, 6) is 1.70. The van der Waals surface area contributed by atoms with Gasteiger partial charge in [0.1, 0.15) is 0 Å². The van der Waals surface area contributed by atoms with E-state index in [4.69, 9.17) is 0 Å². The fourth-order valence-electron chi connectivity index (χ4n) is 3.29. The number of nitrogens with one attached hydrogen (secondary N) is 2. The van der Waals surface area contributed by atoms with Gasteiger partial charge in [0.2, 0.25) is 5.95 Å². The average molecular weight is 492 g/mol. The normalized spacial score (nSPS) is 12.4. The fourth-order valence-corrected chi connectivity index (χ4v) is 3.29. The van der Waals surface area contributed by atoms with Gasteiger partial charge in [0.05, 0.1) is 24.5 Å². The van der Waals surface area contributed by atoms with Crippen molar-refractivity contribution in [3.05, 3.63) is 59.9 Å². The molecular formula is C21H29IN6. The third-order valence-corrected chi connectivity index (χ3v) is 4.76. The monoisotopic (exact) mass is 492 g/mol. The van der Waals surface area contributed by atoms with E-state index >= 15 is 0 Å². The van der Waals surface area contributed by atoms with Gasteiger partial charge in [0, 0.05) is 28.2 Å². The smallest absolute Gasteiger partial charge is 0.204 e. The second-order valence-corrected chi connectivity index (χ2v) is 6.86. The molecule has 0 fully saturated rings. The average Bonchev–Trinajstić information content (AvgIpc) is 3.05. The van der Waals surface area contributed by atoms with Gasteiger partial charge in [-0.05, 0) is 23.3 Å². The molecule has 28 heavy (non-hydrogen) atoms. The number of anilines is 1. The molecular weight excluding hydrogens is 463 g/mol. The largest absolute Gasteiger partial charge is 0.351 e. The van der Waals surface area contributed by atoms with Crippen LogP contribution < -0.4 is 15.5 Å². The van der Waals surface area contributed by atoms with E-state index in [9.17, 15) is 0 Å². The third-order valence-electron chi connectivity index (χ3n) is 4.76. The van der Waals surface area contributed by atoms with E-state index in [0.29, 0.717) is 6.54 Å². The van der Waals surface area contributed by atoms with Crippen molar-refractivity contribution in [2.45, 2.75) is 19.5 Å². The van der Waals surface area contributed by atoms with E-state index in [0.717, 1.165) is 17.6 Å². The first-order valence-corrected chi connectivity index (χ1v) is 9.14. The number of fused-ring (bicyclic) bond motifs is 1. The molecule has 1 heterocycles. The predicted octanol–water partition coefficient (Wildman–Crippen LogP) is 3.68. The van der Waals surface area contributed by atoms with Crippen LogP contribution in [0.2, 0.25) is 0 Å². The molecule has 0 aliphatic rings. The highest BCUT2D eigenvalue weighted by atomic mass is 127. The number of rotatable bonds is 5. The molecule has 2 N–H and O–H groups in total. The number of benzene rings is 2. The lowest BCUT2D eigenvalue weighted by Gasteiger charge is -2.20. The van der Waals surface area contributed by atoms with Crippen molar-refractivity contribution < 1.29 is 0 Å². The molecule has 1 unspecified atom stereocenters. The maximum absolute atomic E-state index is 4.45. The Hall–Kier alpha value is -2.29. The van der Waals surface area contributed by atoms with Gasteiger partial charge >= 0.3 is 0 Å². The summed E-state index contributed by atoms with van der Waals surface area (Å²) in [6, 6.07) is 15.0. The molecule has 150 valence electrons. The van der Waals surface area contributed by atoms with Crippen molar-refractivity contribution in [3.8, 4) is 0 Å². The SMILES string of the molecule is CN=C(NCc1cnc(N(C)C)n1C)NC(C)c1cccc2ccccc12.I. The lowest BCUT2D eigenvalue weighted by Crippen LogP contribution is -2.38. The summed E-state index contributed by atoms with van der Waals surface area (Å²) in [6.45, 7) is 2.81. The van der Waals surface area contributed by atoms with Crippen LogP contribution in [-0.2, 0) is 13.6 Å². The molecule has 0 bridgehead atoms. The molecule has 1 aromatic heterocycles. The summed E-state index contributed by atoms with van der Waals surface area (Å²) in [7, 11) is 7.80. The number of halogens is 1. The van der Waals surface area contributed by atoms with Crippen LogP contribution in [0, 0.1) is 0 Å². The Morgan fingerprint density at radius 1 is 1.18 bits per heavy atom. The molecule has 0 aliphatic heterocycles. The molecule has 6 nitrogen and oxygen atoms in total. The van der Waals surface area contributed by atoms with Gasteiger partial charge in [-0.2, -0.15) is 0 Å². The molecule has 0 aliphatic carbocycles. The fraction of sp³-hybridized carbons (Fsp3) is 0.333. The van der Waals surface area contributed by atoms with E-state index in [1.807, 2.05) is 32.2 Å². The highest BCUT2D eigenvalue weighted by Gasteiger charge is 2.12. The first-order chi connectivity index (χ1) is 13.0. The van der Waals surface area contributed by atoms with Gasteiger partial charge in [-0.15, -0.1) is 24.0 Å². The van der Waals surface area contributed by atoms with Crippen molar-refractivity contribution in [3.63, 3.8) is 0 Å². The molecule has 1 atom stereocenters. The van der Waals surface area contributed by atoms with Crippen LogP contribution in [0.5, 0.6) is 0 Å². The van der Waals surface area contributed by atoms with Gasteiger partial charge in [0.25, 0.3) is 0 Å². The van der Waals surface area contributed by atoms with Crippen molar-refractivity contribution in [1.82, 2.24) is 20.2 Å². The van der Waals surface area contributed by atoms with Crippen molar-refractivity contribution in [2.24, 2.45) is 12.0 Å². The second kappa shape index (κ2) is 9.77. The predicted molar refractivity (Wildman–Crippen MR) is 129 cm³/mol. The first kappa shape index (κ1) is 22.0. The third kappa shape index (κ3) is 4.76. The standard InChI is InChI=1S/C21H28N6.HI/c1-15(18-12-8-10-16-9-6-7-11-19(16)18)25-20(22-2)23-13-17-14-24-21(26(3)4)27(17)5;/h6-12,14-15H,13H2,1-5H3,(H2,22,23,25);1H. The zero-order valence-electron chi connectivity index (χ0n) is 17.1. The number of guanidine groups is 1. The Bertz CT molecular complexity index is 942. The van der Waals surface area contributed by atoms with Crippen LogP contribution >= 0.6 is 24.0 Å². The number of aromatic nitrogens is 2. The summed E-state index contributed by atoms with van der Waals surface area (Å²) in [5.41, 5.74) is 2.35. The van der Waals surface area contributed by atoms with E-state index in [2.05, 4.69) is 74.6 Å². The molecule has 0 amide bonds. The maximum Gasteiger partial charge on any atom is 0.204 e. The summed E-state index contributed by atoms with van der Waals surface area (Å²) in [4.78, 5) is 10.8. The quantitative estimate of drug-likeness (QED) is 0.324. The Morgan fingerprint density at radius 3 is 2.57 bits per heavy atom. The van der Waals surface area contributed by atoms with E-state index in [-0.39, 0.29) is 30.0 Å². The summed E-state index contributed by atoms with van der Waals surface area (Å²) >= 11 is 0. The number of hydrogen-bond donors (Lipinski definition) is 2. The molecule has 7 heteroatoms. The number of nitrogens with zero attached hydrogens (tertiary/aromatic N) is 4. The summed E-state index contributed by atoms with van der Waals surface area (Å²) < 4.78 is 2.08. The zero-order valence-corrected chi connectivity index (χ0v) is 19.4. The Morgan fingerprint density at radius 2 is 1.89 bits per heavy atom. The van der Waals surface area contributed by atoms with Crippen LogP contribution in [0.25, 0.3) is 10.8 Å². The lowest BCUT2D eigenvalue weighted by atomic mass is 10.00. The van der Waals surface area contributed by atoms with Crippen LogP contribution in [-0.4, -0.2) is 36.7 Å². The lowest BCUT2D eigenvalue weighted by molar-refractivity contribution is 0.679. The van der Waals surface area contributed by atoms with Crippen LogP contribution in [0.15, 0.2) is 53.7 Å². The highest BCUT2D eigenvalue weighted by molar-refractivity contribution is 14.0. The number of imidazole rings is 1. The molecule has 0 saturated carbocycles. The molecule has 0 radical (unpaired) electrons. The topological polar surface area (TPSA) is 57.5 Å². The Kier molecular flexibility index (Phi) is 7.68. The van der Waals surface area contributed by atoms with Gasteiger partial charge < -0.3 is 20.1 Å². The van der Waals surface area contributed by atoms with Crippen LogP contribution in [0.1, 0.15) is 24.2 Å². The Balaban J connectivity index is 0.00000280. The second-order valence-electron chi connectivity index (χ2n) is 6.86. The zero-order chi connectivity index (χ0) is 19.4. The van der Waals surface area contributed by atoms with Gasteiger partial charge in [-0.1, -0.05) is 42.5 Å². The molecule has 3 aromatic rings. The number of hydrogen-bond acceptors (Lipinski definition) is 3. The molecule has 2 aromatic carbocycles. The molecule has 3 rings (SSSR count). The summed E-state index contributed by atoms with van der Waals surface area (Å²) in [6.07, 6.45) is 1.89.